The molecule has 3 aromatic heterocycles. The summed E-state index contributed by atoms with van der Waals surface area (Å²) < 4.78 is 79.1. The van der Waals surface area contributed by atoms with Gasteiger partial charge in [0.1, 0.15) is 11.6 Å². The Hall–Kier alpha value is -2.79. The van der Waals surface area contributed by atoms with E-state index in [1.807, 2.05) is 0 Å². The average Bonchev–Trinajstić information content (AvgIpc) is 3.35. The molecule has 0 aliphatic heterocycles. The second-order valence-electron chi connectivity index (χ2n) is 7.48. The molecule has 4 aromatic rings. The van der Waals surface area contributed by atoms with Crippen molar-refractivity contribution in [3.63, 3.8) is 0 Å². The monoisotopic (exact) mass is 483 g/mol. The van der Waals surface area contributed by atoms with Crippen LogP contribution in [0.1, 0.15) is 12.5 Å². The van der Waals surface area contributed by atoms with E-state index in [9.17, 15) is 26.0 Å². The lowest BCUT2D eigenvalue weighted by Gasteiger charge is -2.15. The molecule has 4 rings (SSSR count). The Balaban J connectivity index is 1.78. The van der Waals surface area contributed by atoms with E-state index >= 15 is 0 Å². The van der Waals surface area contributed by atoms with Gasteiger partial charge in [-0.05, 0) is 42.8 Å². The summed E-state index contributed by atoms with van der Waals surface area (Å²) >= 11 is 1.37. The molecular formula is C21H17F4N3O2S2. The van der Waals surface area contributed by atoms with Crippen LogP contribution in [0, 0.1) is 18.7 Å². The predicted molar refractivity (Wildman–Crippen MR) is 114 cm³/mol. The largest absolute Gasteiger partial charge is 0.392 e. The number of rotatable bonds is 5. The Labute approximate surface area is 185 Å². The van der Waals surface area contributed by atoms with Crippen molar-refractivity contribution in [3.8, 4) is 17.2 Å². The van der Waals surface area contributed by atoms with Crippen LogP contribution in [0.25, 0.3) is 28.1 Å². The van der Waals surface area contributed by atoms with Gasteiger partial charge in [-0.2, -0.15) is 13.2 Å². The summed E-state index contributed by atoms with van der Waals surface area (Å²) in [5.74, 6) is -2.84. The number of hydrogen-bond acceptors (Lipinski definition) is 5. The van der Waals surface area contributed by atoms with E-state index < -0.39 is 27.7 Å². The summed E-state index contributed by atoms with van der Waals surface area (Å²) in [7, 11) is -4.18. The van der Waals surface area contributed by atoms with Crippen LogP contribution in [0.3, 0.4) is 0 Å². The fourth-order valence-corrected chi connectivity index (χ4v) is 5.37. The number of fused-ring (bicyclic) bond motifs is 1. The molecule has 0 fully saturated rings. The number of sulfone groups is 1. The lowest BCUT2D eigenvalue weighted by Crippen LogP contribution is -2.27. The molecule has 5 nitrogen and oxygen atoms in total. The van der Waals surface area contributed by atoms with Gasteiger partial charge in [0.25, 0.3) is 0 Å². The summed E-state index contributed by atoms with van der Waals surface area (Å²) in [5.41, 5.74) is 3.71. The third kappa shape index (κ3) is 4.14. The standard InChI is InChI=1S/C21H17F4N3O2S2/c1-12-5-18-14(6-16(12)22)7-19(28(18)20-9-31-11-27-20)17-4-3-15(8-26-17)32(29,30)10-13(2)21(23,24)25/h3-9,11,13H,10H2,1-2H3/t13-/m1/s1. The summed E-state index contributed by atoms with van der Waals surface area (Å²) in [6.45, 7) is 2.47. The fourth-order valence-electron chi connectivity index (χ4n) is 3.32. The molecule has 32 heavy (non-hydrogen) atoms. The quantitative estimate of drug-likeness (QED) is 0.348. The van der Waals surface area contributed by atoms with Crippen molar-refractivity contribution in [2.45, 2.75) is 24.9 Å². The van der Waals surface area contributed by atoms with Crippen molar-refractivity contribution in [3.05, 3.63) is 58.8 Å². The number of alkyl halides is 3. The van der Waals surface area contributed by atoms with Crippen molar-refractivity contribution in [2.24, 2.45) is 5.92 Å². The number of aryl methyl sites for hydroxylation is 1. The van der Waals surface area contributed by atoms with E-state index in [0.717, 1.165) is 13.1 Å². The maximum atomic E-state index is 14.1. The van der Waals surface area contributed by atoms with Crippen LogP contribution in [0.15, 0.2) is 52.3 Å². The van der Waals surface area contributed by atoms with Gasteiger partial charge in [-0.1, -0.05) is 6.92 Å². The second kappa shape index (κ2) is 7.96. The first-order chi connectivity index (χ1) is 15.0. The molecule has 0 bridgehead atoms. The Kier molecular flexibility index (Phi) is 5.58. The minimum atomic E-state index is -4.61. The molecule has 11 heteroatoms. The van der Waals surface area contributed by atoms with Crippen LogP contribution >= 0.6 is 11.3 Å². The van der Waals surface area contributed by atoms with Crippen molar-refractivity contribution in [1.29, 1.82) is 0 Å². The Morgan fingerprint density at radius 1 is 1.16 bits per heavy atom. The zero-order valence-electron chi connectivity index (χ0n) is 16.9. The molecule has 0 amide bonds. The van der Waals surface area contributed by atoms with E-state index in [1.54, 1.807) is 34.5 Å². The summed E-state index contributed by atoms with van der Waals surface area (Å²) in [6, 6.07) is 7.44. The summed E-state index contributed by atoms with van der Waals surface area (Å²) in [6.07, 6.45) is -3.56. The molecule has 0 spiro atoms. The van der Waals surface area contributed by atoms with Gasteiger partial charge in [0.2, 0.25) is 0 Å². The first kappa shape index (κ1) is 22.4. The minimum absolute atomic E-state index is 0.296. The number of halogens is 4. The van der Waals surface area contributed by atoms with Crippen LogP contribution in [0.4, 0.5) is 17.6 Å². The highest BCUT2D eigenvalue weighted by Crippen LogP contribution is 2.33. The first-order valence-electron chi connectivity index (χ1n) is 9.43. The number of aromatic nitrogens is 3. The van der Waals surface area contributed by atoms with Crippen molar-refractivity contribution >= 4 is 32.1 Å². The van der Waals surface area contributed by atoms with Crippen LogP contribution in [0.5, 0.6) is 0 Å². The van der Waals surface area contributed by atoms with Gasteiger partial charge in [-0.3, -0.25) is 9.55 Å². The van der Waals surface area contributed by atoms with Crippen molar-refractivity contribution < 1.29 is 26.0 Å². The van der Waals surface area contributed by atoms with Gasteiger partial charge in [-0.25, -0.2) is 17.8 Å². The lowest BCUT2D eigenvalue weighted by atomic mass is 10.1. The highest BCUT2D eigenvalue weighted by atomic mass is 32.2. The third-order valence-electron chi connectivity index (χ3n) is 5.12. The Bertz CT molecular complexity index is 1380. The minimum Gasteiger partial charge on any atom is -0.292 e. The normalized spacial score (nSPS) is 13.6. The maximum absolute atomic E-state index is 14.1. The molecule has 1 atom stereocenters. The highest BCUT2D eigenvalue weighted by Gasteiger charge is 2.39. The van der Waals surface area contributed by atoms with Crippen LogP contribution in [-0.4, -0.2) is 34.9 Å². The molecule has 0 aliphatic rings. The number of nitrogens with zero attached hydrogens (tertiary/aromatic N) is 3. The SMILES string of the molecule is Cc1cc2c(cc1F)cc(-c1ccc(S(=O)(=O)C[C@@H](C)C(F)(F)F)cn1)n2-c1cscn1. The first-order valence-corrected chi connectivity index (χ1v) is 12.0. The van der Waals surface area contributed by atoms with Gasteiger partial charge in [0.15, 0.2) is 9.84 Å². The van der Waals surface area contributed by atoms with E-state index in [4.69, 9.17) is 0 Å². The number of thiazole rings is 1. The van der Waals surface area contributed by atoms with Gasteiger partial charge in [-0.15, -0.1) is 11.3 Å². The topological polar surface area (TPSA) is 64.8 Å². The molecular weight excluding hydrogens is 466 g/mol. The zero-order chi connectivity index (χ0) is 23.3. The van der Waals surface area contributed by atoms with E-state index in [1.165, 1.54) is 29.5 Å². The van der Waals surface area contributed by atoms with E-state index in [2.05, 4.69) is 9.97 Å². The average molecular weight is 484 g/mol. The molecule has 0 unspecified atom stereocenters. The third-order valence-corrected chi connectivity index (χ3v) is 7.59. The Morgan fingerprint density at radius 2 is 1.91 bits per heavy atom. The van der Waals surface area contributed by atoms with Gasteiger partial charge in [0, 0.05) is 17.0 Å². The molecule has 0 aliphatic carbocycles. The fraction of sp³-hybridized carbons (Fsp3) is 0.238. The lowest BCUT2D eigenvalue weighted by molar-refractivity contribution is -0.163. The number of hydrogen-bond donors (Lipinski definition) is 0. The number of benzene rings is 1. The number of pyridine rings is 1. The van der Waals surface area contributed by atoms with Crippen LogP contribution in [0.2, 0.25) is 0 Å². The molecule has 0 saturated heterocycles. The smallest absolute Gasteiger partial charge is 0.292 e. The van der Waals surface area contributed by atoms with Gasteiger partial charge < -0.3 is 0 Å². The van der Waals surface area contributed by atoms with Crippen molar-refractivity contribution in [2.75, 3.05) is 5.75 Å². The molecule has 0 saturated carbocycles. The van der Waals surface area contributed by atoms with Crippen molar-refractivity contribution in [1.82, 2.24) is 14.5 Å². The molecule has 1 aromatic carbocycles. The van der Waals surface area contributed by atoms with Crippen LogP contribution < -0.4 is 0 Å². The summed E-state index contributed by atoms with van der Waals surface area (Å²) in [5, 5.41) is 2.41. The molecule has 0 radical (unpaired) electrons. The van der Waals surface area contributed by atoms with Gasteiger partial charge in [0.05, 0.1) is 39.0 Å². The van der Waals surface area contributed by atoms with Gasteiger partial charge >= 0.3 is 6.18 Å². The Morgan fingerprint density at radius 3 is 2.50 bits per heavy atom. The molecule has 3 heterocycles. The molecule has 0 N–H and O–H groups in total. The predicted octanol–water partition coefficient (Wildman–Crippen LogP) is 5.57. The summed E-state index contributed by atoms with van der Waals surface area (Å²) in [4.78, 5) is 8.22. The highest BCUT2D eigenvalue weighted by molar-refractivity contribution is 7.91. The second-order valence-corrected chi connectivity index (χ2v) is 10.2. The van der Waals surface area contributed by atoms with E-state index in [-0.39, 0.29) is 10.7 Å². The zero-order valence-corrected chi connectivity index (χ0v) is 18.5. The van der Waals surface area contributed by atoms with E-state index in [0.29, 0.717) is 33.7 Å². The maximum Gasteiger partial charge on any atom is 0.392 e. The van der Waals surface area contributed by atoms with Crippen LogP contribution in [-0.2, 0) is 9.84 Å². The molecule has 168 valence electrons.